The summed E-state index contributed by atoms with van der Waals surface area (Å²) < 4.78 is 5.83. The summed E-state index contributed by atoms with van der Waals surface area (Å²) in [6.07, 6.45) is 0. The summed E-state index contributed by atoms with van der Waals surface area (Å²) in [5.41, 5.74) is 2.09. The molecule has 1 aliphatic heterocycles. The highest BCUT2D eigenvalue weighted by molar-refractivity contribution is 6.04. The number of nitrogens with zero attached hydrogens (tertiary/aromatic N) is 3. The van der Waals surface area contributed by atoms with Gasteiger partial charge in [-0.25, -0.2) is 4.79 Å². The van der Waals surface area contributed by atoms with E-state index >= 15 is 0 Å². The van der Waals surface area contributed by atoms with E-state index < -0.39 is 0 Å². The SMILES string of the molecule is CC(CN(C)C)NC(=O)N1Cc2c(NC(=O)c3cccc(Oc4ccccc4)c3)n[nH]c2C1C.c1ccccc1. The zero-order valence-electron chi connectivity index (χ0n) is 23.3. The molecule has 2 atom stereocenters. The van der Waals surface area contributed by atoms with Gasteiger partial charge in [-0.1, -0.05) is 60.7 Å². The third kappa shape index (κ3) is 7.48. The molecular formula is C31H36N6O3. The molecule has 9 heteroatoms. The lowest BCUT2D eigenvalue weighted by Gasteiger charge is -2.26. The topological polar surface area (TPSA) is 103 Å². The van der Waals surface area contributed by atoms with E-state index in [1.807, 2.05) is 99.6 Å². The van der Waals surface area contributed by atoms with Gasteiger partial charge in [-0.05, 0) is 58.3 Å². The molecule has 0 saturated heterocycles. The molecule has 0 radical (unpaired) electrons. The number of aromatic nitrogens is 2. The molecule has 2 heterocycles. The highest BCUT2D eigenvalue weighted by Gasteiger charge is 2.35. The Balaban J connectivity index is 0.000000546. The van der Waals surface area contributed by atoms with Crippen LogP contribution in [0, 0.1) is 0 Å². The second-order valence-electron chi connectivity index (χ2n) is 9.93. The Kier molecular flexibility index (Phi) is 9.53. The minimum atomic E-state index is -0.303. The number of ether oxygens (including phenoxy) is 1. The molecule has 1 aromatic heterocycles. The van der Waals surface area contributed by atoms with E-state index in [0.717, 1.165) is 17.8 Å². The second-order valence-corrected chi connectivity index (χ2v) is 9.93. The van der Waals surface area contributed by atoms with Gasteiger partial charge in [0.1, 0.15) is 11.5 Å². The number of anilines is 1. The van der Waals surface area contributed by atoms with E-state index in [-0.39, 0.29) is 24.0 Å². The number of nitrogens with one attached hydrogen (secondary N) is 3. The molecular weight excluding hydrogens is 504 g/mol. The minimum absolute atomic E-state index is 0.0105. The Morgan fingerprint density at radius 2 is 1.62 bits per heavy atom. The predicted octanol–water partition coefficient (Wildman–Crippen LogP) is 5.68. The number of urea groups is 1. The Morgan fingerprint density at radius 1 is 1.00 bits per heavy atom. The smallest absolute Gasteiger partial charge is 0.318 e. The van der Waals surface area contributed by atoms with Crippen LogP contribution in [0.25, 0.3) is 0 Å². The van der Waals surface area contributed by atoms with E-state index in [2.05, 4.69) is 20.8 Å². The van der Waals surface area contributed by atoms with Gasteiger partial charge in [-0.3, -0.25) is 9.89 Å². The summed E-state index contributed by atoms with van der Waals surface area (Å²) in [5.74, 6) is 1.38. The number of likely N-dealkylation sites (N-methyl/N-ethyl adjacent to an activating group) is 1. The van der Waals surface area contributed by atoms with Gasteiger partial charge in [-0.15, -0.1) is 0 Å². The number of carbonyl (C=O) groups is 2. The fraction of sp³-hybridized carbons (Fsp3) is 0.258. The first kappa shape index (κ1) is 28.4. The summed E-state index contributed by atoms with van der Waals surface area (Å²) in [7, 11) is 3.94. The highest BCUT2D eigenvalue weighted by atomic mass is 16.5. The van der Waals surface area contributed by atoms with Crippen molar-refractivity contribution in [3.8, 4) is 11.5 Å². The Labute approximate surface area is 235 Å². The number of H-pyrrole nitrogens is 1. The van der Waals surface area contributed by atoms with Crippen molar-refractivity contribution in [3.63, 3.8) is 0 Å². The van der Waals surface area contributed by atoms with Crippen molar-refractivity contribution in [1.82, 2.24) is 25.3 Å². The van der Waals surface area contributed by atoms with Crippen molar-refractivity contribution in [2.45, 2.75) is 32.5 Å². The molecule has 0 spiro atoms. The highest BCUT2D eigenvalue weighted by Crippen LogP contribution is 2.36. The summed E-state index contributed by atoms with van der Waals surface area (Å²) >= 11 is 0. The summed E-state index contributed by atoms with van der Waals surface area (Å²) in [6.45, 7) is 5.02. The molecule has 40 heavy (non-hydrogen) atoms. The van der Waals surface area contributed by atoms with Crippen molar-refractivity contribution in [2.24, 2.45) is 0 Å². The largest absolute Gasteiger partial charge is 0.457 e. The number of fused-ring (bicyclic) bond motifs is 1. The van der Waals surface area contributed by atoms with Crippen molar-refractivity contribution in [1.29, 1.82) is 0 Å². The first-order valence-corrected chi connectivity index (χ1v) is 13.2. The molecule has 4 aromatic rings. The van der Waals surface area contributed by atoms with Gasteiger partial charge in [0.2, 0.25) is 0 Å². The van der Waals surface area contributed by atoms with E-state index in [1.165, 1.54) is 0 Å². The van der Waals surface area contributed by atoms with Gasteiger partial charge in [0.05, 0.1) is 18.3 Å². The molecule has 0 fully saturated rings. The van der Waals surface area contributed by atoms with Crippen LogP contribution in [0.5, 0.6) is 11.5 Å². The first-order valence-electron chi connectivity index (χ1n) is 13.2. The molecule has 3 aromatic carbocycles. The standard InChI is InChI=1S/C25H30N6O3.C6H6/c1-16(14-30(3)4)26-25(33)31-15-21-22(17(31)2)28-29-23(21)27-24(32)18-9-8-12-20(13-18)34-19-10-6-5-7-11-19;1-2-4-6-5-3-1/h5-13,16-17H,14-15H2,1-4H3,(H,26,33)(H2,27,28,29,32);1-6H. The van der Waals surface area contributed by atoms with Crippen LogP contribution < -0.4 is 15.4 Å². The molecule has 3 N–H and O–H groups in total. The minimum Gasteiger partial charge on any atom is -0.457 e. The lowest BCUT2D eigenvalue weighted by Crippen LogP contribution is -2.46. The van der Waals surface area contributed by atoms with Crippen LogP contribution in [0.2, 0.25) is 0 Å². The van der Waals surface area contributed by atoms with E-state index in [4.69, 9.17) is 4.74 Å². The van der Waals surface area contributed by atoms with Crippen LogP contribution >= 0.6 is 0 Å². The molecule has 9 nitrogen and oxygen atoms in total. The zero-order chi connectivity index (χ0) is 28.5. The molecule has 0 saturated carbocycles. The first-order chi connectivity index (χ1) is 19.3. The molecule has 3 amide bonds. The summed E-state index contributed by atoms with van der Waals surface area (Å²) in [6, 6.07) is 28.0. The van der Waals surface area contributed by atoms with Crippen LogP contribution in [-0.2, 0) is 6.54 Å². The Morgan fingerprint density at radius 3 is 2.27 bits per heavy atom. The number of carbonyl (C=O) groups excluding carboxylic acids is 2. The van der Waals surface area contributed by atoms with Gasteiger partial charge in [0, 0.05) is 23.7 Å². The second kappa shape index (κ2) is 13.4. The quantitative estimate of drug-likeness (QED) is 0.280. The summed E-state index contributed by atoms with van der Waals surface area (Å²) in [4.78, 5) is 29.5. The molecule has 2 unspecified atom stereocenters. The van der Waals surface area contributed by atoms with E-state index in [0.29, 0.717) is 29.4 Å². The zero-order valence-corrected chi connectivity index (χ0v) is 23.3. The lowest BCUT2D eigenvalue weighted by molar-refractivity contribution is 0.102. The number of hydrogen-bond donors (Lipinski definition) is 3. The monoisotopic (exact) mass is 540 g/mol. The summed E-state index contributed by atoms with van der Waals surface area (Å²) in [5, 5.41) is 13.2. The Hall–Kier alpha value is -4.63. The number of aromatic amines is 1. The average molecular weight is 541 g/mol. The van der Waals surface area contributed by atoms with Crippen molar-refractivity contribution in [2.75, 3.05) is 26.0 Å². The average Bonchev–Trinajstić information content (AvgIpc) is 3.50. The number of benzene rings is 3. The van der Waals surface area contributed by atoms with Crippen molar-refractivity contribution in [3.05, 3.63) is 108 Å². The van der Waals surface area contributed by atoms with Gasteiger partial charge in [0.25, 0.3) is 5.91 Å². The normalized spacial score (nSPS) is 14.5. The number of rotatable bonds is 7. The maximum atomic E-state index is 12.9. The Bertz CT molecular complexity index is 1360. The fourth-order valence-corrected chi connectivity index (χ4v) is 4.48. The van der Waals surface area contributed by atoms with E-state index in [1.54, 1.807) is 29.2 Å². The van der Waals surface area contributed by atoms with Gasteiger partial charge in [-0.2, -0.15) is 5.10 Å². The maximum absolute atomic E-state index is 12.9. The molecule has 5 rings (SSSR count). The predicted molar refractivity (Wildman–Crippen MR) is 156 cm³/mol. The van der Waals surface area contributed by atoms with Gasteiger partial charge in [0.15, 0.2) is 5.82 Å². The van der Waals surface area contributed by atoms with Crippen LogP contribution in [0.4, 0.5) is 10.6 Å². The fourth-order valence-electron chi connectivity index (χ4n) is 4.48. The van der Waals surface area contributed by atoms with Crippen LogP contribution in [-0.4, -0.2) is 58.6 Å². The molecule has 1 aliphatic rings. The van der Waals surface area contributed by atoms with Gasteiger partial charge >= 0.3 is 6.03 Å². The van der Waals surface area contributed by atoms with Gasteiger partial charge < -0.3 is 25.2 Å². The van der Waals surface area contributed by atoms with Crippen molar-refractivity contribution >= 4 is 17.8 Å². The maximum Gasteiger partial charge on any atom is 0.318 e. The third-order valence-electron chi connectivity index (χ3n) is 6.36. The molecule has 0 bridgehead atoms. The number of hydrogen-bond acceptors (Lipinski definition) is 5. The molecule has 208 valence electrons. The van der Waals surface area contributed by atoms with Crippen molar-refractivity contribution < 1.29 is 14.3 Å². The van der Waals surface area contributed by atoms with Crippen LogP contribution in [0.15, 0.2) is 91.0 Å². The molecule has 0 aliphatic carbocycles. The number of para-hydroxylation sites is 1. The van der Waals surface area contributed by atoms with E-state index in [9.17, 15) is 9.59 Å². The third-order valence-corrected chi connectivity index (χ3v) is 6.36. The van der Waals surface area contributed by atoms with Crippen LogP contribution in [0.1, 0.15) is 41.5 Å². The van der Waals surface area contributed by atoms with Crippen LogP contribution in [0.3, 0.4) is 0 Å². The number of amides is 3. The lowest BCUT2D eigenvalue weighted by atomic mass is 10.2.